The summed E-state index contributed by atoms with van der Waals surface area (Å²) >= 11 is 0. The molecule has 7 nitrogen and oxygen atoms in total. The molecule has 27 heavy (non-hydrogen) atoms. The Kier molecular flexibility index (Phi) is 4.87. The van der Waals surface area contributed by atoms with Gasteiger partial charge in [-0.3, -0.25) is 9.48 Å². The van der Waals surface area contributed by atoms with Gasteiger partial charge >= 0.3 is 0 Å². The lowest BCUT2D eigenvalue weighted by Gasteiger charge is -2.22. The van der Waals surface area contributed by atoms with Crippen LogP contribution < -0.4 is 5.32 Å². The summed E-state index contributed by atoms with van der Waals surface area (Å²) in [6.45, 7) is 11.7. The molecule has 142 valence electrons. The molecular formula is C20H25N5O2. The minimum Gasteiger partial charge on any atom is -0.339 e. The van der Waals surface area contributed by atoms with Gasteiger partial charge in [0.15, 0.2) is 0 Å². The summed E-state index contributed by atoms with van der Waals surface area (Å²) in [6, 6.07) is 9.22. The largest absolute Gasteiger partial charge is 0.339 e. The topological polar surface area (TPSA) is 85.8 Å². The maximum atomic E-state index is 12.8. The molecule has 3 aromatic rings. The second-order valence-electron chi connectivity index (χ2n) is 7.77. The van der Waals surface area contributed by atoms with E-state index in [1.54, 1.807) is 10.7 Å². The highest BCUT2D eigenvalue weighted by Gasteiger charge is 2.25. The van der Waals surface area contributed by atoms with Gasteiger partial charge in [-0.15, -0.1) is 0 Å². The summed E-state index contributed by atoms with van der Waals surface area (Å²) in [5, 5.41) is 11.4. The maximum absolute atomic E-state index is 12.8. The van der Waals surface area contributed by atoms with Crippen molar-refractivity contribution in [3.63, 3.8) is 0 Å². The Morgan fingerprint density at radius 2 is 1.96 bits per heavy atom. The van der Waals surface area contributed by atoms with Crippen molar-refractivity contribution < 1.29 is 9.32 Å². The molecule has 2 heterocycles. The summed E-state index contributed by atoms with van der Waals surface area (Å²) in [6.07, 6.45) is 0. The van der Waals surface area contributed by atoms with Crippen molar-refractivity contribution in [3.8, 4) is 11.4 Å². The number of nitrogens with zero attached hydrogens (tertiary/aromatic N) is 4. The molecule has 0 aliphatic heterocycles. The Hall–Kier alpha value is -2.96. The first-order valence-electron chi connectivity index (χ1n) is 8.94. The number of nitrogens with one attached hydrogen (secondary N) is 1. The van der Waals surface area contributed by atoms with Crippen LogP contribution >= 0.6 is 0 Å². The summed E-state index contributed by atoms with van der Waals surface area (Å²) in [4.78, 5) is 17.2. The third kappa shape index (κ3) is 4.07. The quantitative estimate of drug-likeness (QED) is 0.758. The molecule has 0 aliphatic rings. The fourth-order valence-electron chi connectivity index (χ4n) is 2.82. The van der Waals surface area contributed by atoms with Gasteiger partial charge in [-0.25, -0.2) is 0 Å². The van der Waals surface area contributed by atoms with Crippen molar-refractivity contribution in [2.75, 3.05) is 0 Å². The number of aromatic nitrogens is 4. The van der Waals surface area contributed by atoms with E-state index in [1.807, 2.05) is 65.8 Å². The molecule has 0 saturated heterocycles. The van der Waals surface area contributed by atoms with Crippen LogP contribution in [-0.2, 0) is 5.54 Å². The van der Waals surface area contributed by atoms with Crippen molar-refractivity contribution in [1.82, 2.24) is 25.2 Å². The number of rotatable bonds is 4. The Bertz CT molecular complexity index is 965. The van der Waals surface area contributed by atoms with Gasteiger partial charge in [0, 0.05) is 5.56 Å². The number of amides is 1. The van der Waals surface area contributed by atoms with Crippen LogP contribution in [0.25, 0.3) is 11.4 Å². The second kappa shape index (κ2) is 6.98. The monoisotopic (exact) mass is 367 g/mol. The Morgan fingerprint density at radius 1 is 1.22 bits per heavy atom. The van der Waals surface area contributed by atoms with Gasteiger partial charge in [-0.05, 0) is 53.7 Å². The van der Waals surface area contributed by atoms with Gasteiger partial charge in [-0.1, -0.05) is 28.9 Å². The van der Waals surface area contributed by atoms with E-state index >= 15 is 0 Å². The van der Waals surface area contributed by atoms with Crippen molar-refractivity contribution >= 4 is 5.91 Å². The summed E-state index contributed by atoms with van der Waals surface area (Å²) in [5.41, 5.74) is 3.00. The molecule has 0 aliphatic carbocycles. The average molecular weight is 367 g/mol. The first kappa shape index (κ1) is 18.8. The number of benzene rings is 1. The van der Waals surface area contributed by atoms with Crippen LogP contribution in [0.2, 0.25) is 0 Å². The van der Waals surface area contributed by atoms with E-state index in [1.165, 1.54) is 0 Å². The molecule has 0 radical (unpaired) electrons. The highest BCUT2D eigenvalue weighted by atomic mass is 16.5. The van der Waals surface area contributed by atoms with Crippen molar-refractivity contribution in [2.45, 2.75) is 53.1 Å². The molecule has 1 N–H and O–H groups in total. The molecule has 0 spiro atoms. The van der Waals surface area contributed by atoms with Crippen LogP contribution in [0.4, 0.5) is 0 Å². The molecule has 0 saturated carbocycles. The molecule has 0 fully saturated rings. The van der Waals surface area contributed by atoms with E-state index in [-0.39, 0.29) is 11.4 Å². The maximum Gasteiger partial charge on any atom is 0.270 e. The molecule has 7 heteroatoms. The first-order chi connectivity index (χ1) is 12.6. The van der Waals surface area contributed by atoms with Crippen LogP contribution in [-0.4, -0.2) is 25.8 Å². The molecule has 2 aromatic heterocycles. The lowest BCUT2D eigenvalue weighted by Crippen LogP contribution is -2.33. The number of carbonyl (C=O) groups is 1. The van der Waals surface area contributed by atoms with E-state index < -0.39 is 6.04 Å². The van der Waals surface area contributed by atoms with Crippen LogP contribution in [0.15, 0.2) is 34.9 Å². The van der Waals surface area contributed by atoms with Gasteiger partial charge in [0.2, 0.25) is 11.7 Å². The third-order valence-corrected chi connectivity index (χ3v) is 4.14. The zero-order chi connectivity index (χ0) is 19.8. The van der Waals surface area contributed by atoms with Gasteiger partial charge in [0.1, 0.15) is 11.7 Å². The lowest BCUT2D eigenvalue weighted by molar-refractivity contribution is 0.0914. The normalized spacial score (nSPS) is 12.8. The highest BCUT2D eigenvalue weighted by Crippen LogP contribution is 2.21. The zero-order valence-corrected chi connectivity index (χ0v) is 16.6. The average Bonchev–Trinajstić information content (AvgIpc) is 3.21. The molecule has 1 aromatic carbocycles. The minimum atomic E-state index is -0.424. The molecule has 3 rings (SSSR count). The number of hydrogen-bond donors (Lipinski definition) is 1. The predicted octanol–water partition coefficient (Wildman–Crippen LogP) is 3.80. The van der Waals surface area contributed by atoms with E-state index in [4.69, 9.17) is 4.52 Å². The molecule has 0 bridgehead atoms. The number of aryl methyl sites for hydroxylation is 2. The van der Waals surface area contributed by atoms with Crippen LogP contribution in [0, 0.1) is 13.8 Å². The van der Waals surface area contributed by atoms with Crippen LogP contribution in [0.5, 0.6) is 0 Å². The molecule has 1 unspecified atom stereocenters. The standard InChI is InChI=1S/C20H25N5O2/c1-12-8-7-9-15(10-12)17-22-19(27-24-17)14(3)21-18(26)16-11-13(2)23-25(16)20(4,5)6/h7-11,14H,1-6H3,(H,21,26). The fourth-order valence-corrected chi connectivity index (χ4v) is 2.82. The van der Waals surface area contributed by atoms with E-state index in [0.717, 1.165) is 16.8 Å². The van der Waals surface area contributed by atoms with Crippen molar-refractivity contribution in [1.29, 1.82) is 0 Å². The minimum absolute atomic E-state index is 0.228. The first-order valence-corrected chi connectivity index (χ1v) is 8.94. The Morgan fingerprint density at radius 3 is 2.63 bits per heavy atom. The third-order valence-electron chi connectivity index (χ3n) is 4.14. The van der Waals surface area contributed by atoms with E-state index in [2.05, 4.69) is 20.6 Å². The van der Waals surface area contributed by atoms with Crippen LogP contribution in [0.3, 0.4) is 0 Å². The van der Waals surface area contributed by atoms with Gasteiger partial charge in [0.05, 0.1) is 11.2 Å². The van der Waals surface area contributed by atoms with Gasteiger partial charge < -0.3 is 9.84 Å². The summed E-state index contributed by atoms with van der Waals surface area (Å²) < 4.78 is 7.09. The van der Waals surface area contributed by atoms with E-state index in [9.17, 15) is 4.79 Å². The Balaban J connectivity index is 1.78. The second-order valence-corrected chi connectivity index (χ2v) is 7.77. The fraction of sp³-hybridized carbons (Fsp3) is 0.400. The summed E-state index contributed by atoms with van der Waals surface area (Å²) in [5.74, 6) is 0.636. The molecule has 1 amide bonds. The number of carbonyl (C=O) groups excluding carboxylic acids is 1. The smallest absolute Gasteiger partial charge is 0.270 e. The number of hydrogen-bond acceptors (Lipinski definition) is 5. The highest BCUT2D eigenvalue weighted by molar-refractivity contribution is 5.93. The lowest BCUT2D eigenvalue weighted by atomic mass is 10.1. The van der Waals surface area contributed by atoms with Crippen molar-refractivity contribution in [2.24, 2.45) is 0 Å². The van der Waals surface area contributed by atoms with Gasteiger partial charge in [0.25, 0.3) is 5.91 Å². The molecule has 1 atom stereocenters. The SMILES string of the molecule is Cc1cccc(-c2noc(C(C)NC(=O)c3cc(C)nn3C(C)(C)C)n2)c1. The van der Waals surface area contributed by atoms with Crippen molar-refractivity contribution in [3.05, 3.63) is 53.2 Å². The van der Waals surface area contributed by atoms with E-state index in [0.29, 0.717) is 17.4 Å². The Labute approximate surface area is 158 Å². The van der Waals surface area contributed by atoms with Gasteiger partial charge in [-0.2, -0.15) is 10.1 Å². The zero-order valence-electron chi connectivity index (χ0n) is 16.6. The predicted molar refractivity (Wildman–Crippen MR) is 102 cm³/mol. The molecular weight excluding hydrogens is 342 g/mol. The van der Waals surface area contributed by atoms with Crippen LogP contribution in [0.1, 0.15) is 61.4 Å². The summed E-state index contributed by atoms with van der Waals surface area (Å²) in [7, 11) is 0.